The lowest BCUT2D eigenvalue weighted by atomic mass is 9.75. The van der Waals surface area contributed by atoms with Crippen LogP contribution in [0.5, 0.6) is 0 Å². The molecule has 1 heterocycles. The molecule has 1 fully saturated rings. The van der Waals surface area contributed by atoms with Gasteiger partial charge in [0, 0.05) is 6.54 Å². The molecule has 0 amide bonds. The molecule has 0 spiro atoms. The summed E-state index contributed by atoms with van der Waals surface area (Å²) in [6.45, 7) is 17.9. The highest BCUT2D eigenvalue weighted by Gasteiger charge is 2.28. The monoisotopic (exact) mass is 241 g/mol. The Bertz CT molecular complexity index is 213. The molecule has 0 N–H and O–H groups in total. The molecule has 0 aromatic carbocycles. The molecule has 102 valence electrons. The average Bonchev–Trinajstić information content (AvgIpc) is 2.15. The molecule has 0 unspecified atom stereocenters. The molecule has 0 aromatic rings. The van der Waals surface area contributed by atoms with Crippen LogP contribution in [-0.4, -0.2) is 36.7 Å². The van der Waals surface area contributed by atoms with Crippen LogP contribution in [0.25, 0.3) is 0 Å². The van der Waals surface area contributed by atoms with Crippen LogP contribution in [0.2, 0.25) is 0 Å². The predicted octanol–water partition coefficient (Wildman–Crippen LogP) is 3.56. The second kappa shape index (κ2) is 5.71. The number of nitrogens with zero attached hydrogens (tertiary/aromatic N) is 1. The molecule has 17 heavy (non-hydrogen) atoms. The molecule has 0 aromatic heterocycles. The minimum atomic E-state index is 0.00370. The highest BCUT2D eigenvalue weighted by Crippen LogP contribution is 2.34. The fourth-order valence-corrected chi connectivity index (χ4v) is 2.50. The van der Waals surface area contributed by atoms with E-state index in [9.17, 15) is 0 Å². The zero-order valence-corrected chi connectivity index (χ0v) is 12.7. The van der Waals surface area contributed by atoms with Crippen molar-refractivity contribution in [3.8, 4) is 0 Å². The Morgan fingerprint density at radius 3 is 1.94 bits per heavy atom. The lowest BCUT2D eigenvalue weighted by molar-refractivity contribution is -0.0184. The van der Waals surface area contributed by atoms with Crippen LogP contribution in [0.4, 0.5) is 0 Å². The molecule has 1 aliphatic rings. The van der Waals surface area contributed by atoms with Gasteiger partial charge in [-0.15, -0.1) is 0 Å². The van der Waals surface area contributed by atoms with Crippen LogP contribution >= 0.6 is 0 Å². The highest BCUT2D eigenvalue weighted by molar-refractivity contribution is 4.80. The summed E-state index contributed by atoms with van der Waals surface area (Å²) in [7, 11) is 0. The first-order chi connectivity index (χ1) is 7.68. The van der Waals surface area contributed by atoms with E-state index in [0.717, 1.165) is 19.1 Å². The molecule has 0 aliphatic carbocycles. The van der Waals surface area contributed by atoms with Gasteiger partial charge in [0.15, 0.2) is 0 Å². The van der Waals surface area contributed by atoms with Gasteiger partial charge in [0.2, 0.25) is 0 Å². The van der Waals surface area contributed by atoms with Crippen LogP contribution in [-0.2, 0) is 4.74 Å². The van der Waals surface area contributed by atoms with Gasteiger partial charge in [-0.25, -0.2) is 0 Å². The normalized spacial score (nSPS) is 20.8. The van der Waals surface area contributed by atoms with Crippen LogP contribution in [0.15, 0.2) is 0 Å². The number of hydrogen-bond acceptors (Lipinski definition) is 2. The van der Waals surface area contributed by atoms with Crippen molar-refractivity contribution >= 4 is 0 Å². The number of likely N-dealkylation sites (tertiary alicyclic amines) is 1. The van der Waals surface area contributed by atoms with E-state index >= 15 is 0 Å². The van der Waals surface area contributed by atoms with Crippen LogP contribution in [0, 0.1) is 11.3 Å². The summed E-state index contributed by atoms with van der Waals surface area (Å²) >= 11 is 0. The molecular weight excluding hydrogens is 210 g/mol. The van der Waals surface area contributed by atoms with Crippen molar-refractivity contribution in [1.82, 2.24) is 4.90 Å². The Hall–Kier alpha value is -0.0800. The van der Waals surface area contributed by atoms with Gasteiger partial charge in [-0.05, 0) is 58.0 Å². The summed E-state index contributed by atoms with van der Waals surface area (Å²) in [6, 6.07) is 0. The third kappa shape index (κ3) is 5.87. The molecule has 0 radical (unpaired) electrons. The predicted molar refractivity (Wildman–Crippen MR) is 74.3 cm³/mol. The van der Waals surface area contributed by atoms with Crippen molar-refractivity contribution in [3.63, 3.8) is 0 Å². The molecule has 1 rings (SSSR count). The second-order valence-corrected chi connectivity index (χ2v) is 7.44. The molecule has 2 nitrogen and oxygen atoms in total. The van der Waals surface area contributed by atoms with Gasteiger partial charge in [-0.1, -0.05) is 20.8 Å². The van der Waals surface area contributed by atoms with Gasteiger partial charge in [0.1, 0.15) is 0 Å². The Morgan fingerprint density at radius 2 is 1.53 bits per heavy atom. The molecule has 1 aliphatic heterocycles. The zero-order valence-electron chi connectivity index (χ0n) is 12.7. The van der Waals surface area contributed by atoms with Crippen LogP contribution in [0.1, 0.15) is 54.4 Å². The minimum Gasteiger partial charge on any atom is -0.375 e. The van der Waals surface area contributed by atoms with Gasteiger partial charge in [0.05, 0.1) is 12.2 Å². The summed E-state index contributed by atoms with van der Waals surface area (Å²) in [6.07, 6.45) is 2.69. The summed E-state index contributed by atoms with van der Waals surface area (Å²) in [4.78, 5) is 2.55. The minimum absolute atomic E-state index is 0.00370. The standard InChI is InChI=1S/C15H31NO/c1-14(2,3)13-7-9-16(10-8-13)11-12-17-15(4,5)6/h13H,7-12H2,1-6H3. The zero-order chi connectivity index (χ0) is 13.1. The van der Waals surface area contributed by atoms with E-state index in [1.54, 1.807) is 0 Å². The topological polar surface area (TPSA) is 12.5 Å². The number of ether oxygens (including phenoxy) is 1. The fourth-order valence-electron chi connectivity index (χ4n) is 2.50. The lowest BCUT2D eigenvalue weighted by Gasteiger charge is -2.39. The van der Waals surface area contributed by atoms with Gasteiger partial charge in [0.25, 0.3) is 0 Å². The maximum atomic E-state index is 5.78. The fraction of sp³-hybridized carbons (Fsp3) is 1.00. The average molecular weight is 241 g/mol. The second-order valence-electron chi connectivity index (χ2n) is 7.44. The third-order valence-corrected chi connectivity index (χ3v) is 3.75. The number of piperidine rings is 1. The summed E-state index contributed by atoms with van der Waals surface area (Å²) in [5.74, 6) is 0.891. The highest BCUT2D eigenvalue weighted by atomic mass is 16.5. The van der Waals surface area contributed by atoms with E-state index < -0.39 is 0 Å². The van der Waals surface area contributed by atoms with E-state index in [-0.39, 0.29) is 5.60 Å². The van der Waals surface area contributed by atoms with E-state index in [0.29, 0.717) is 5.41 Å². The summed E-state index contributed by atoms with van der Waals surface area (Å²) in [5, 5.41) is 0. The number of hydrogen-bond donors (Lipinski definition) is 0. The molecule has 2 heteroatoms. The Kier molecular flexibility index (Phi) is 5.03. The SMILES string of the molecule is CC(C)(C)OCCN1CCC(C(C)(C)C)CC1. The van der Waals surface area contributed by atoms with E-state index in [4.69, 9.17) is 4.74 Å². The van der Waals surface area contributed by atoms with Crippen molar-refractivity contribution < 1.29 is 4.74 Å². The largest absolute Gasteiger partial charge is 0.375 e. The third-order valence-electron chi connectivity index (χ3n) is 3.75. The maximum Gasteiger partial charge on any atom is 0.0600 e. The van der Waals surface area contributed by atoms with Crippen molar-refractivity contribution in [1.29, 1.82) is 0 Å². The van der Waals surface area contributed by atoms with E-state index in [1.807, 2.05) is 0 Å². The van der Waals surface area contributed by atoms with Crippen molar-refractivity contribution in [2.24, 2.45) is 11.3 Å². The smallest absolute Gasteiger partial charge is 0.0600 e. The van der Waals surface area contributed by atoms with E-state index in [1.165, 1.54) is 25.9 Å². The van der Waals surface area contributed by atoms with Gasteiger partial charge in [-0.3, -0.25) is 0 Å². The molecule has 0 atom stereocenters. The first kappa shape index (κ1) is 15.0. The molecule has 0 bridgehead atoms. The Labute approximate surface area is 108 Å². The number of rotatable bonds is 3. The van der Waals surface area contributed by atoms with Crippen molar-refractivity contribution in [3.05, 3.63) is 0 Å². The Morgan fingerprint density at radius 1 is 1.00 bits per heavy atom. The van der Waals surface area contributed by atoms with Crippen molar-refractivity contribution in [2.75, 3.05) is 26.2 Å². The first-order valence-electron chi connectivity index (χ1n) is 7.05. The molecule has 1 saturated heterocycles. The molecule has 0 saturated carbocycles. The van der Waals surface area contributed by atoms with E-state index in [2.05, 4.69) is 46.4 Å². The van der Waals surface area contributed by atoms with Crippen LogP contribution in [0.3, 0.4) is 0 Å². The maximum absolute atomic E-state index is 5.78. The molecular formula is C15H31NO. The van der Waals surface area contributed by atoms with Crippen molar-refractivity contribution in [2.45, 2.75) is 60.0 Å². The Balaban J connectivity index is 2.20. The quantitative estimate of drug-likeness (QED) is 0.749. The van der Waals surface area contributed by atoms with Gasteiger partial charge >= 0.3 is 0 Å². The summed E-state index contributed by atoms with van der Waals surface area (Å²) in [5.41, 5.74) is 0.484. The van der Waals surface area contributed by atoms with Gasteiger partial charge < -0.3 is 9.64 Å². The lowest BCUT2D eigenvalue weighted by Crippen LogP contribution is -2.40. The van der Waals surface area contributed by atoms with Crippen LogP contribution < -0.4 is 0 Å². The van der Waals surface area contributed by atoms with Gasteiger partial charge in [-0.2, -0.15) is 0 Å². The summed E-state index contributed by atoms with van der Waals surface area (Å²) < 4.78 is 5.78. The first-order valence-corrected chi connectivity index (χ1v) is 7.05.